The Morgan fingerprint density at radius 2 is 1.85 bits per heavy atom. The summed E-state index contributed by atoms with van der Waals surface area (Å²) in [6, 6.07) is 8.14. The molecule has 1 aliphatic heterocycles. The molecule has 1 amide bonds. The van der Waals surface area contributed by atoms with E-state index >= 15 is 0 Å². The minimum atomic E-state index is -0.781. The number of aromatic nitrogens is 3. The third-order valence-corrected chi connectivity index (χ3v) is 5.91. The van der Waals surface area contributed by atoms with Crippen LogP contribution in [0.15, 0.2) is 36.4 Å². The lowest BCUT2D eigenvalue weighted by atomic mass is 10.1. The van der Waals surface area contributed by atoms with Gasteiger partial charge in [0.2, 0.25) is 0 Å². The number of nitrogens with zero attached hydrogens (tertiary/aromatic N) is 4. The van der Waals surface area contributed by atoms with Crippen LogP contribution in [0.3, 0.4) is 0 Å². The number of methoxy groups -OCH3 is 2. The first-order valence-corrected chi connectivity index (χ1v) is 11.0. The quantitative estimate of drug-likeness (QED) is 0.570. The van der Waals surface area contributed by atoms with Crippen molar-refractivity contribution in [2.75, 3.05) is 27.3 Å². The molecule has 0 aliphatic carbocycles. The molecule has 1 aliphatic rings. The van der Waals surface area contributed by atoms with Gasteiger partial charge in [0, 0.05) is 32.6 Å². The Morgan fingerprint density at radius 1 is 1.06 bits per heavy atom. The van der Waals surface area contributed by atoms with Crippen LogP contribution in [0.5, 0.6) is 11.5 Å². The van der Waals surface area contributed by atoms with Crippen LogP contribution in [0.2, 0.25) is 0 Å². The van der Waals surface area contributed by atoms with E-state index in [-0.39, 0.29) is 5.56 Å². The van der Waals surface area contributed by atoms with Crippen molar-refractivity contribution in [3.63, 3.8) is 0 Å². The first-order valence-electron chi connectivity index (χ1n) is 11.0. The van der Waals surface area contributed by atoms with Gasteiger partial charge in [-0.15, -0.1) is 10.2 Å². The molecule has 4 rings (SSSR count). The SMILES string of the molecule is COc1ccc(CN2CCc3nnc([C@@H](C)NC(=O)c4cc(F)ccc4F)n3CC2)cc1OC. The Balaban J connectivity index is 1.43. The van der Waals surface area contributed by atoms with Gasteiger partial charge in [-0.1, -0.05) is 6.07 Å². The highest BCUT2D eigenvalue weighted by Crippen LogP contribution is 2.28. The van der Waals surface area contributed by atoms with E-state index in [9.17, 15) is 13.6 Å². The number of carbonyl (C=O) groups is 1. The minimum absolute atomic E-state index is 0.344. The van der Waals surface area contributed by atoms with Crippen LogP contribution in [0.1, 0.15) is 40.5 Å². The first kappa shape index (κ1) is 23.6. The minimum Gasteiger partial charge on any atom is -0.493 e. The van der Waals surface area contributed by atoms with Crippen molar-refractivity contribution < 1.29 is 23.0 Å². The van der Waals surface area contributed by atoms with Gasteiger partial charge in [0.15, 0.2) is 17.3 Å². The third kappa shape index (κ3) is 5.01. The van der Waals surface area contributed by atoms with E-state index in [2.05, 4.69) is 20.4 Å². The van der Waals surface area contributed by atoms with E-state index in [1.54, 1.807) is 21.1 Å². The van der Waals surface area contributed by atoms with Crippen molar-refractivity contribution in [2.45, 2.75) is 32.5 Å². The fourth-order valence-corrected chi connectivity index (χ4v) is 4.12. The van der Waals surface area contributed by atoms with Gasteiger partial charge in [0.25, 0.3) is 5.91 Å². The van der Waals surface area contributed by atoms with Gasteiger partial charge in [-0.3, -0.25) is 9.69 Å². The summed E-state index contributed by atoms with van der Waals surface area (Å²) in [6.07, 6.45) is 0.694. The second kappa shape index (κ2) is 10.2. The highest BCUT2D eigenvalue weighted by atomic mass is 19.1. The predicted molar refractivity (Wildman–Crippen MR) is 121 cm³/mol. The molecule has 3 aromatic rings. The number of hydrogen-bond acceptors (Lipinski definition) is 6. The molecule has 1 aromatic heterocycles. The fraction of sp³-hybridized carbons (Fsp3) is 0.375. The molecule has 0 radical (unpaired) electrons. The zero-order valence-corrected chi connectivity index (χ0v) is 19.3. The average molecular weight is 472 g/mol. The van der Waals surface area contributed by atoms with Gasteiger partial charge in [-0.25, -0.2) is 8.78 Å². The lowest BCUT2D eigenvalue weighted by molar-refractivity contribution is 0.0933. The van der Waals surface area contributed by atoms with Gasteiger partial charge in [-0.05, 0) is 42.8 Å². The summed E-state index contributed by atoms with van der Waals surface area (Å²) in [6.45, 7) is 4.67. The Labute approximate surface area is 196 Å². The highest BCUT2D eigenvalue weighted by Gasteiger charge is 2.24. The summed E-state index contributed by atoms with van der Waals surface area (Å²) >= 11 is 0. The van der Waals surface area contributed by atoms with Crippen LogP contribution in [0.25, 0.3) is 0 Å². The number of nitrogens with one attached hydrogen (secondary N) is 1. The van der Waals surface area contributed by atoms with E-state index in [1.807, 2.05) is 22.8 Å². The summed E-state index contributed by atoms with van der Waals surface area (Å²) in [5, 5.41) is 11.3. The lowest BCUT2D eigenvalue weighted by Gasteiger charge is -2.21. The van der Waals surface area contributed by atoms with E-state index < -0.39 is 23.6 Å². The summed E-state index contributed by atoms with van der Waals surface area (Å²) in [7, 11) is 3.22. The molecule has 8 nitrogen and oxygen atoms in total. The van der Waals surface area contributed by atoms with Crippen LogP contribution in [0, 0.1) is 11.6 Å². The van der Waals surface area contributed by atoms with Crippen molar-refractivity contribution in [3.05, 3.63) is 70.8 Å². The third-order valence-electron chi connectivity index (χ3n) is 5.91. The standard InChI is InChI=1S/C24H27F2N5O3/c1-15(27-24(32)18-13-17(25)5-6-19(18)26)23-29-28-22-8-9-30(10-11-31(22)23)14-16-4-7-20(33-2)21(12-16)34-3/h4-7,12-13,15H,8-11,14H2,1-3H3,(H,27,32)/t15-/m1/s1. The van der Waals surface area contributed by atoms with Crippen LogP contribution < -0.4 is 14.8 Å². The van der Waals surface area contributed by atoms with Crippen molar-refractivity contribution in [3.8, 4) is 11.5 Å². The summed E-state index contributed by atoms with van der Waals surface area (Å²) < 4.78 is 40.1. The molecular formula is C24H27F2N5O3. The van der Waals surface area contributed by atoms with Gasteiger partial charge in [0.05, 0.1) is 25.8 Å². The Bertz CT molecular complexity index is 1180. The molecule has 34 heavy (non-hydrogen) atoms. The molecule has 1 N–H and O–H groups in total. The molecule has 0 saturated carbocycles. The molecule has 10 heteroatoms. The van der Waals surface area contributed by atoms with Crippen molar-refractivity contribution in [2.24, 2.45) is 0 Å². The topological polar surface area (TPSA) is 81.5 Å². The van der Waals surface area contributed by atoms with Crippen LogP contribution in [-0.2, 0) is 19.5 Å². The molecule has 0 spiro atoms. The first-order chi connectivity index (χ1) is 16.4. The van der Waals surface area contributed by atoms with Gasteiger partial charge in [-0.2, -0.15) is 0 Å². The Morgan fingerprint density at radius 3 is 2.62 bits per heavy atom. The number of rotatable bonds is 7. The van der Waals surface area contributed by atoms with Crippen LogP contribution in [0.4, 0.5) is 8.78 Å². The molecule has 0 bridgehead atoms. The predicted octanol–water partition coefficient (Wildman–Crippen LogP) is 3.12. The molecule has 0 unspecified atom stereocenters. The molecule has 0 saturated heterocycles. The maximum Gasteiger partial charge on any atom is 0.254 e. The van der Waals surface area contributed by atoms with Crippen molar-refractivity contribution >= 4 is 5.91 Å². The largest absolute Gasteiger partial charge is 0.493 e. The second-order valence-electron chi connectivity index (χ2n) is 8.16. The highest BCUT2D eigenvalue weighted by molar-refractivity contribution is 5.94. The molecule has 1 atom stereocenters. The van der Waals surface area contributed by atoms with Gasteiger partial charge < -0.3 is 19.4 Å². The number of fused-ring (bicyclic) bond motifs is 1. The van der Waals surface area contributed by atoms with Crippen LogP contribution in [-0.4, -0.2) is 52.9 Å². The zero-order chi connectivity index (χ0) is 24.2. The number of hydrogen-bond donors (Lipinski definition) is 1. The summed E-state index contributed by atoms with van der Waals surface area (Å²) in [4.78, 5) is 14.8. The Hall–Kier alpha value is -3.53. The number of halogens is 2. The average Bonchev–Trinajstić information content (AvgIpc) is 3.14. The Kier molecular flexibility index (Phi) is 7.06. The molecule has 0 fully saturated rings. The molecule has 180 valence electrons. The smallest absolute Gasteiger partial charge is 0.254 e. The zero-order valence-electron chi connectivity index (χ0n) is 19.3. The van der Waals surface area contributed by atoms with Crippen LogP contribution >= 0.6 is 0 Å². The van der Waals surface area contributed by atoms with Gasteiger partial charge in [0.1, 0.15) is 17.5 Å². The van der Waals surface area contributed by atoms with Gasteiger partial charge >= 0.3 is 0 Å². The second-order valence-corrected chi connectivity index (χ2v) is 8.16. The van der Waals surface area contributed by atoms with E-state index in [0.717, 1.165) is 49.2 Å². The number of carbonyl (C=O) groups excluding carboxylic acids is 1. The maximum atomic E-state index is 14.0. The number of ether oxygens (including phenoxy) is 2. The molecule has 2 heterocycles. The van der Waals surface area contributed by atoms with E-state index in [1.165, 1.54) is 0 Å². The van der Waals surface area contributed by atoms with Crippen molar-refractivity contribution in [1.29, 1.82) is 0 Å². The molecule has 2 aromatic carbocycles. The van der Waals surface area contributed by atoms with E-state index in [0.29, 0.717) is 30.3 Å². The fourth-order valence-electron chi connectivity index (χ4n) is 4.12. The summed E-state index contributed by atoms with van der Waals surface area (Å²) in [5.41, 5.74) is 0.761. The number of amides is 1. The summed E-state index contributed by atoms with van der Waals surface area (Å²) in [5.74, 6) is 0.615. The van der Waals surface area contributed by atoms with E-state index in [4.69, 9.17) is 9.47 Å². The van der Waals surface area contributed by atoms with Crippen molar-refractivity contribution in [1.82, 2.24) is 25.0 Å². The number of benzene rings is 2. The normalized spacial score (nSPS) is 14.7. The maximum absolute atomic E-state index is 14.0. The molecular weight excluding hydrogens is 444 g/mol. The monoisotopic (exact) mass is 471 g/mol. The lowest BCUT2D eigenvalue weighted by Crippen LogP contribution is -2.30.